The van der Waals surface area contributed by atoms with Crippen LogP contribution in [0.15, 0.2) is 48.0 Å². The molecule has 3 rings (SSSR count). The monoisotopic (exact) mass is 326 g/mol. The molecule has 116 valence electrons. The minimum Gasteiger partial charge on any atom is -0.267 e. The van der Waals surface area contributed by atoms with E-state index in [1.165, 1.54) is 5.01 Å². The van der Waals surface area contributed by atoms with Crippen molar-refractivity contribution in [2.75, 3.05) is 5.01 Å². The van der Waals surface area contributed by atoms with Gasteiger partial charge in [0.25, 0.3) is 11.8 Å². The van der Waals surface area contributed by atoms with Gasteiger partial charge in [-0.25, -0.2) is 5.01 Å². The summed E-state index contributed by atoms with van der Waals surface area (Å²) in [6, 6.07) is 12.6. The molecule has 0 atom stereocenters. The van der Waals surface area contributed by atoms with Gasteiger partial charge in [-0.05, 0) is 60.9 Å². The quantitative estimate of drug-likeness (QED) is 0.679. The number of aryl methyl sites for hydroxylation is 2. The molecule has 1 N–H and O–H groups in total. The Morgan fingerprint density at radius 2 is 1.70 bits per heavy atom. The molecular formula is C18H15ClN2O2. The molecule has 5 heteroatoms. The number of anilines is 1. The fourth-order valence-electron chi connectivity index (χ4n) is 2.33. The van der Waals surface area contributed by atoms with Gasteiger partial charge in [0.2, 0.25) is 0 Å². The van der Waals surface area contributed by atoms with E-state index in [2.05, 4.69) is 5.43 Å². The lowest BCUT2D eigenvalue weighted by Crippen LogP contribution is -2.35. The van der Waals surface area contributed by atoms with Crippen molar-refractivity contribution in [1.82, 2.24) is 5.43 Å². The first kappa shape index (κ1) is 15.3. The van der Waals surface area contributed by atoms with Gasteiger partial charge in [-0.1, -0.05) is 29.8 Å². The molecule has 1 aliphatic rings. The molecule has 1 saturated heterocycles. The standard InChI is InChI=1S/C18H15ClN2O2/c1-11-3-8-15(9-12(11)2)21-18(23)16(17(22)20-21)10-13-4-6-14(19)7-5-13/h3-10H,1-2H3,(H,20,22)/b16-10-. The molecule has 0 aromatic heterocycles. The van der Waals surface area contributed by atoms with E-state index in [1.807, 2.05) is 32.0 Å². The average molecular weight is 327 g/mol. The number of hydrogen-bond donors (Lipinski definition) is 1. The van der Waals surface area contributed by atoms with Crippen molar-refractivity contribution in [2.24, 2.45) is 0 Å². The Bertz CT molecular complexity index is 825. The average Bonchev–Trinajstić information content (AvgIpc) is 2.80. The Morgan fingerprint density at radius 1 is 1.00 bits per heavy atom. The predicted molar refractivity (Wildman–Crippen MR) is 91.0 cm³/mol. The number of amides is 2. The summed E-state index contributed by atoms with van der Waals surface area (Å²) in [6.07, 6.45) is 1.56. The minimum absolute atomic E-state index is 0.102. The lowest BCUT2D eigenvalue weighted by molar-refractivity contribution is -0.117. The van der Waals surface area contributed by atoms with Crippen LogP contribution in [0.1, 0.15) is 16.7 Å². The van der Waals surface area contributed by atoms with Gasteiger partial charge in [0.15, 0.2) is 0 Å². The van der Waals surface area contributed by atoms with Gasteiger partial charge in [0, 0.05) is 5.02 Å². The summed E-state index contributed by atoms with van der Waals surface area (Å²) in [7, 11) is 0. The van der Waals surface area contributed by atoms with Gasteiger partial charge in [0.1, 0.15) is 5.57 Å². The Morgan fingerprint density at radius 3 is 2.35 bits per heavy atom. The van der Waals surface area contributed by atoms with Gasteiger partial charge >= 0.3 is 0 Å². The van der Waals surface area contributed by atoms with E-state index in [0.29, 0.717) is 10.7 Å². The highest BCUT2D eigenvalue weighted by atomic mass is 35.5. The molecule has 1 aliphatic heterocycles. The fourth-order valence-corrected chi connectivity index (χ4v) is 2.46. The molecule has 0 radical (unpaired) electrons. The topological polar surface area (TPSA) is 49.4 Å². The number of halogens is 1. The van der Waals surface area contributed by atoms with Crippen LogP contribution in [0.2, 0.25) is 5.02 Å². The van der Waals surface area contributed by atoms with Crippen molar-refractivity contribution in [3.05, 3.63) is 69.8 Å². The van der Waals surface area contributed by atoms with Gasteiger partial charge < -0.3 is 0 Å². The Balaban J connectivity index is 1.93. The highest BCUT2D eigenvalue weighted by Crippen LogP contribution is 2.24. The van der Waals surface area contributed by atoms with Crippen molar-refractivity contribution in [1.29, 1.82) is 0 Å². The Kier molecular flexibility index (Phi) is 3.92. The number of carbonyl (C=O) groups is 2. The largest absolute Gasteiger partial charge is 0.282 e. The van der Waals surface area contributed by atoms with Crippen molar-refractivity contribution in [3.8, 4) is 0 Å². The van der Waals surface area contributed by atoms with Crippen molar-refractivity contribution in [3.63, 3.8) is 0 Å². The number of carbonyl (C=O) groups excluding carboxylic acids is 2. The van der Waals surface area contributed by atoms with Crippen molar-refractivity contribution < 1.29 is 9.59 Å². The van der Waals surface area contributed by atoms with E-state index in [0.717, 1.165) is 16.7 Å². The molecule has 0 unspecified atom stereocenters. The second kappa shape index (κ2) is 5.89. The summed E-state index contributed by atoms with van der Waals surface area (Å²) < 4.78 is 0. The zero-order chi connectivity index (χ0) is 16.6. The SMILES string of the molecule is Cc1ccc(N2NC(=O)/C(=C/c3ccc(Cl)cc3)C2=O)cc1C. The number of hydrogen-bond acceptors (Lipinski definition) is 2. The van der Waals surface area contributed by atoms with Crippen LogP contribution in [0, 0.1) is 13.8 Å². The van der Waals surface area contributed by atoms with Crippen LogP contribution >= 0.6 is 11.6 Å². The smallest absolute Gasteiger partial charge is 0.267 e. The molecule has 0 aliphatic carbocycles. The minimum atomic E-state index is -0.414. The predicted octanol–water partition coefficient (Wildman–Crippen LogP) is 3.42. The second-order valence-electron chi connectivity index (χ2n) is 5.46. The third-order valence-corrected chi connectivity index (χ3v) is 4.07. The summed E-state index contributed by atoms with van der Waals surface area (Å²) >= 11 is 5.84. The molecule has 0 spiro atoms. The van der Waals surface area contributed by atoms with Crippen molar-refractivity contribution in [2.45, 2.75) is 13.8 Å². The zero-order valence-corrected chi connectivity index (χ0v) is 13.5. The summed E-state index contributed by atoms with van der Waals surface area (Å²) in [5.74, 6) is -0.781. The first-order valence-corrected chi connectivity index (χ1v) is 7.53. The van der Waals surface area contributed by atoms with Crippen molar-refractivity contribution >= 4 is 35.2 Å². The molecular weight excluding hydrogens is 312 g/mol. The van der Waals surface area contributed by atoms with Gasteiger partial charge in [-0.15, -0.1) is 0 Å². The van der Waals surface area contributed by atoms with Crippen LogP contribution < -0.4 is 10.4 Å². The summed E-state index contributed by atoms with van der Waals surface area (Å²) in [5, 5.41) is 1.88. The molecule has 4 nitrogen and oxygen atoms in total. The normalized spacial score (nSPS) is 16.1. The molecule has 2 aromatic rings. The van der Waals surface area contributed by atoms with Crippen LogP contribution in [0.25, 0.3) is 6.08 Å². The maximum absolute atomic E-state index is 12.5. The molecule has 1 heterocycles. The highest BCUT2D eigenvalue weighted by molar-refractivity contribution is 6.32. The third-order valence-electron chi connectivity index (χ3n) is 3.82. The number of hydrazine groups is 1. The van der Waals surface area contributed by atoms with E-state index >= 15 is 0 Å². The maximum atomic E-state index is 12.5. The molecule has 23 heavy (non-hydrogen) atoms. The number of nitrogens with one attached hydrogen (secondary N) is 1. The van der Waals surface area contributed by atoms with E-state index in [-0.39, 0.29) is 11.5 Å². The van der Waals surface area contributed by atoms with Gasteiger partial charge in [0.05, 0.1) is 5.69 Å². The molecule has 2 amide bonds. The second-order valence-corrected chi connectivity index (χ2v) is 5.90. The third kappa shape index (κ3) is 2.98. The first-order chi connectivity index (χ1) is 11.0. The Hall–Kier alpha value is -2.59. The number of benzene rings is 2. The molecule has 1 fully saturated rings. The van der Waals surface area contributed by atoms with Crippen LogP contribution in [-0.2, 0) is 9.59 Å². The number of nitrogens with zero attached hydrogens (tertiary/aromatic N) is 1. The first-order valence-electron chi connectivity index (χ1n) is 7.15. The van der Waals surface area contributed by atoms with Gasteiger partial charge in [-0.3, -0.25) is 15.0 Å². The van der Waals surface area contributed by atoms with Gasteiger partial charge in [-0.2, -0.15) is 0 Å². The van der Waals surface area contributed by atoms with E-state index in [9.17, 15) is 9.59 Å². The Labute approximate surface area is 139 Å². The van der Waals surface area contributed by atoms with Crippen LogP contribution in [0.5, 0.6) is 0 Å². The molecule has 2 aromatic carbocycles. The highest BCUT2D eigenvalue weighted by Gasteiger charge is 2.34. The van der Waals surface area contributed by atoms with Crippen LogP contribution in [0.4, 0.5) is 5.69 Å². The maximum Gasteiger partial charge on any atom is 0.282 e. The molecule has 0 bridgehead atoms. The zero-order valence-electron chi connectivity index (χ0n) is 12.8. The fraction of sp³-hybridized carbons (Fsp3) is 0.111. The summed E-state index contributed by atoms with van der Waals surface area (Å²) in [5.41, 5.74) is 6.27. The lowest BCUT2D eigenvalue weighted by Gasteiger charge is -2.15. The van der Waals surface area contributed by atoms with E-state index < -0.39 is 5.91 Å². The van der Waals surface area contributed by atoms with Crippen LogP contribution in [-0.4, -0.2) is 11.8 Å². The molecule has 0 saturated carbocycles. The lowest BCUT2D eigenvalue weighted by atomic mass is 10.1. The van der Waals surface area contributed by atoms with E-state index in [1.54, 1.807) is 30.3 Å². The summed E-state index contributed by atoms with van der Waals surface area (Å²) in [6.45, 7) is 3.96. The summed E-state index contributed by atoms with van der Waals surface area (Å²) in [4.78, 5) is 24.7. The number of rotatable bonds is 2. The van der Waals surface area contributed by atoms with Crippen LogP contribution in [0.3, 0.4) is 0 Å². The van der Waals surface area contributed by atoms with E-state index in [4.69, 9.17) is 11.6 Å².